The van der Waals surface area contributed by atoms with Crippen LogP contribution in [0.5, 0.6) is 0 Å². The maximum absolute atomic E-state index is 3.80. The second kappa shape index (κ2) is 5.34. The van der Waals surface area contributed by atoms with Gasteiger partial charge in [-0.15, -0.1) is 0 Å². The minimum Gasteiger partial charge on any atom is -0.382 e. The summed E-state index contributed by atoms with van der Waals surface area (Å²) in [7, 11) is 2.32. The molecule has 0 spiro atoms. The van der Waals surface area contributed by atoms with Crippen LogP contribution >= 0.6 is 0 Å². The summed E-state index contributed by atoms with van der Waals surface area (Å²) in [6.45, 7) is 0. The van der Waals surface area contributed by atoms with Crippen LogP contribution in [0.2, 0.25) is 0 Å². The molecule has 0 aliphatic carbocycles. The summed E-state index contributed by atoms with van der Waals surface area (Å²) in [4.78, 5) is 2.63. The molecule has 0 amide bonds. The predicted octanol–water partition coefficient (Wildman–Crippen LogP) is 4.27. The van der Waals surface area contributed by atoms with Gasteiger partial charge >= 0.3 is 0 Å². The summed E-state index contributed by atoms with van der Waals surface area (Å²) in [6, 6.07) is 17.6. The molecule has 21 heavy (non-hydrogen) atoms. The van der Waals surface area contributed by atoms with Gasteiger partial charge in [-0.05, 0) is 55.6 Å². The number of anilines is 1. The van der Waals surface area contributed by atoms with E-state index in [2.05, 4.69) is 59.7 Å². The largest absolute Gasteiger partial charge is 0.382 e. The van der Waals surface area contributed by atoms with E-state index < -0.39 is 0 Å². The Morgan fingerprint density at radius 2 is 1.67 bits per heavy atom. The molecule has 0 radical (unpaired) electrons. The van der Waals surface area contributed by atoms with Crippen molar-refractivity contribution >= 4 is 16.5 Å². The van der Waals surface area contributed by atoms with E-state index in [1.54, 1.807) is 0 Å². The van der Waals surface area contributed by atoms with Crippen molar-refractivity contribution in [2.45, 2.75) is 50.2 Å². The Labute approximate surface area is 127 Å². The number of rotatable bonds is 2. The van der Waals surface area contributed by atoms with E-state index in [1.165, 1.54) is 48.6 Å². The van der Waals surface area contributed by atoms with E-state index >= 15 is 0 Å². The molecule has 2 nitrogen and oxygen atoms in total. The lowest BCUT2D eigenvalue weighted by Crippen LogP contribution is -2.52. The van der Waals surface area contributed by atoms with E-state index in [0.717, 1.165) is 12.1 Å². The van der Waals surface area contributed by atoms with E-state index in [1.807, 2.05) is 0 Å². The molecule has 2 fully saturated rings. The smallest absolute Gasteiger partial charge is 0.0348 e. The van der Waals surface area contributed by atoms with E-state index in [4.69, 9.17) is 0 Å². The van der Waals surface area contributed by atoms with Crippen LogP contribution in [0.15, 0.2) is 42.5 Å². The van der Waals surface area contributed by atoms with Crippen molar-refractivity contribution in [3.8, 4) is 0 Å². The molecule has 2 unspecified atom stereocenters. The van der Waals surface area contributed by atoms with E-state index in [0.29, 0.717) is 6.04 Å². The molecule has 2 atom stereocenters. The zero-order chi connectivity index (χ0) is 14.2. The number of fused-ring (bicyclic) bond motifs is 3. The number of piperidine rings is 2. The molecule has 2 heterocycles. The van der Waals surface area contributed by atoms with Crippen LogP contribution < -0.4 is 5.32 Å². The van der Waals surface area contributed by atoms with Gasteiger partial charge in [0.2, 0.25) is 0 Å². The molecule has 4 rings (SSSR count). The van der Waals surface area contributed by atoms with Crippen LogP contribution in [0, 0.1) is 0 Å². The van der Waals surface area contributed by atoms with Gasteiger partial charge in [0.05, 0.1) is 0 Å². The number of hydrogen-bond acceptors (Lipinski definition) is 2. The Kier molecular flexibility index (Phi) is 3.34. The van der Waals surface area contributed by atoms with Crippen molar-refractivity contribution in [1.82, 2.24) is 4.90 Å². The van der Waals surface area contributed by atoms with Crippen molar-refractivity contribution in [1.29, 1.82) is 0 Å². The van der Waals surface area contributed by atoms with Gasteiger partial charge in [-0.1, -0.05) is 36.8 Å². The first-order valence-electron chi connectivity index (χ1n) is 8.27. The third kappa shape index (κ3) is 2.53. The van der Waals surface area contributed by atoms with Crippen molar-refractivity contribution in [3.05, 3.63) is 42.5 Å². The summed E-state index contributed by atoms with van der Waals surface area (Å²) >= 11 is 0. The standard InChI is InChI=1S/C19H24N2/c1-21-18-7-4-8-19(21)13-17(12-18)20-16-10-9-14-5-2-3-6-15(14)11-16/h2-3,5-6,9-11,17-20H,4,7-8,12-13H2,1H3. The second-order valence-electron chi connectivity index (χ2n) is 6.78. The molecule has 2 saturated heterocycles. The Balaban J connectivity index is 1.52. The third-order valence-corrected chi connectivity index (χ3v) is 5.46. The molecular weight excluding hydrogens is 256 g/mol. The van der Waals surface area contributed by atoms with Gasteiger partial charge in [0, 0.05) is 23.8 Å². The van der Waals surface area contributed by atoms with Crippen molar-refractivity contribution in [2.75, 3.05) is 12.4 Å². The number of benzene rings is 2. The average molecular weight is 280 g/mol. The topological polar surface area (TPSA) is 15.3 Å². The van der Waals surface area contributed by atoms with Crippen molar-refractivity contribution in [2.24, 2.45) is 0 Å². The van der Waals surface area contributed by atoms with Gasteiger partial charge in [0.1, 0.15) is 0 Å². The summed E-state index contributed by atoms with van der Waals surface area (Å²) < 4.78 is 0. The number of nitrogens with one attached hydrogen (secondary N) is 1. The lowest BCUT2D eigenvalue weighted by molar-refractivity contribution is 0.0608. The van der Waals surface area contributed by atoms with Gasteiger partial charge in [0.25, 0.3) is 0 Å². The Morgan fingerprint density at radius 1 is 0.952 bits per heavy atom. The molecule has 2 aromatic rings. The summed E-state index contributed by atoms with van der Waals surface area (Å²) in [6.07, 6.45) is 6.76. The zero-order valence-electron chi connectivity index (χ0n) is 12.8. The predicted molar refractivity (Wildman–Crippen MR) is 89.8 cm³/mol. The fourth-order valence-electron chi connectivity index (χ4n) is 4.25. The molecule has 2 aromatic carbocycles. The molecular formula is C19H24N2. The van der Waals surface area contributed by atoms with E-state index in [-0.39, 0.29) is 0 Å². The van der Waals surface area contributed by atoms with Crippen LogP contribution in [0.4, 0.5) is 5.69 Å². The highest BCUT2D eigenvalue weighted by Gasteiger charge is 2.35. The van der Waals surface area contributed by atoms with Gasteiger partial charge in [0.15, 0.2) is 0 Å². The number of hydrogen-bond donors (Lipinski definition) is 1. The zero-order valence-corrected chi connectivity index (χ0v) is 12.8. The van der Waals surface area contributed by atoms with Gasteiger partial charge in [-0.2, -0.15) is 0 Å². The molecule has 2 aliphatic rings. The molecule has 2 heteroatoms. The quantitative estimate of drug-likeness (QED) is 0.884. The first kappa shape index (κ1) is 13.1. The van der Waals surface area contributed by atoms with Crippen molar-refractivity contribution in [3.63, 3.8) is 0 Å². The molecule has 110 valence electrons. The van der Waals surface area contributed by atoms with E-state index in [9.17, 15) is 0 Å². The SMILES string of the molecule is CN1C2CCCC1CC(Nc1ccc3ccccc3c1)C2. The summed E-state index contributed by atoms with van der Waals surface area (Å²) in [5.41, 5.74) is 1.28. The van der Waals surface area contributed by atoms with Gasteiger partial charge in [-0.25, -0.2) is 0 Å². The Morgan fingerprint density at radius 3 is 2.43 bits per heavy atom. The van der Waals surface area contributed by atoms with Crippen LogP contribution in [0.1, 0.15) is 32.1 Å². The second-order valence-corrected chi connectivity index (χ2v) is 6.78. The Hall–Kier alpha value is -1.54. The highest BCUT2D eigenvalue weighted by molar-refractivity contribution is 5.85. The van der Waals surface area contributed by atoms with Gasteiger partial charge < -0.3 is 10.2 Å². The molecule has 0 aromatic heterocycles. The van der Waals surface area contributed by atoms with Gasteiger partial charge in [-0.3, -0.25) is 0 Å². The number of nitrogens with zero attached hydrogens (tertiary/aromatic N) is 1. The molecule has 1 N–H and O–H groups in total. The average Bonchev–Trinajstić information content (AvgIpc) is 2.48. The molecule has 2 bridgehead atoms. The monoisotopic (exact) mass is 280 g/mol. The molecule has 2 aliphatic heterocycles. The summed E-state index contributed by atoms with van der Waals surface area (Å²) in [5, 5.41) is 6.45. The minimum absolute atomic E-state index is 0.637. The van der Waals surface area contributed by atoms with Crippen molar-refractivity contribution < 1.29 is 0 Å². The first-order valence-corrected chi connectivity index (χ1v) is 8.27. The maximum atomic E-state index is 3.80. The lowest BCUT2D eigenvalue weighted by Gasteiger charge is -2.47. The lowest BCUT2D eigenvalue weighted by atomic mass is 9.82. The first-order chi connectivity index (χ1) is 10.3. The fourth-order valence-corrected chi connectivity index (χ4v) is 4.25. The fraction of sp³-hybridized carbons (Fsp3) is 0.474. The maximum Gasteiger partial charge on any atom is 0.0348 e. The van der Waals surface area contributed by atoms with Crippen LogP contribution in [0.25, 0.3) is 10.8 Å². The van der Waals surface area contributed by atoms with Crippen LogP contribution in [-0.4, -0.2) is 30.1 Å². The third-order valence-electron chi connectivity index (χ3n) is 5.46. The highest BCUT2D eigenvalue weighted by Crippen LogP contribution is 2.34. The highest BCUT2D eigenvalue weighted by atomic mass is 15.2. The van der Waals surface area contributed by atoms with Crippen LogP contribution in [-0.2, 0) is 0 Å². The summed E-state index contributed by atoms with van der Waals surface area (Å²) in [5.74, 6) is 0. The molecule has 0 saturated carbocycles. The van der Waals surface area contributed by atoms with Crippen LogP contribution in [0.3, 0.4) is 0 Å². The Bertz CT molecular complexity index is 622. The minimum atomic E-state index is 0.637. The normalized spacial score (nSPS) is 29.5.